The minimum atomic E-state index is -3.76. The molecule has 0 bridgehead atoms. The number of hydrogen-bond acceptors (Lipinski definition) is 4. The van der Waals surface area contributed by atoms with E-state index in [-0.39, 0.29) is 23.9 Å². The Bertz CT molecular complexity index is 597. The maximum atomic E-state index is 12.6. The average molecular weight is 299 g/mol. The lowest BCUT2D eigenvalue weighted by Crippen LogP contribution is -2.40. The van der Waals surface area contributed by atoms with Crippen LogP contribution in [0, 0.1) is 12.8 Å². The molecule has 0 atom stereocenters. The van der Waals surface area contributed by atoms with E-state index in [1.807, 2.05) is 13.8 Å². The molecule has 1 aromatic rings. The molecule has 0 aliphatic heterocycles. The summed E-state index contributed by atoms with van der Waals surface area (Å²) in [6.45, 7) is 5.32. The van der Waals surface area contributed by atoms with Gasteiger partial charge in [0.1, 0.15) is 0 Å². The number of primary amides is 1. The normalized spacial score (nSPS) is 12.1. The molecule has 0 fully saturated rings. The summed E-state index contributed by atoms with van der Waals surface area (Å²) >= 11 is 0. The summed E-state index contributed by atoms with van der Waals surface area (Å²) in [5.74, 6) is -0.597. The molecule has 112 valence electrons. The number of carbonyl (C=O) groups excluding carboxylic acids is 1. The van der Waals surface area contributed by atoms with Crippen molar-refractivity contribution in [2.24, 2.45) is 11.7 Å². The standard InChI is InChI=1S/C13H21N3O3S/c1-9(2)7-16(8-13(15)17)20(18,19)12-5-4-11(14)6-10(12)3/h4-6,9H,7-8,14H2,1-3H3,(H2,15,17). The van der Waals surface area contributed by atoms with Crippen molar-refractivity contribution in [2.45, 2.75) is 25.7 Å². The quantitative estimate of drug-likeness (QED) is 0.754. The molecule has 1 rings (SSSR count). The third-order valence-electron chi connectivity index (χ3n) is 2.72. The molecule has 4 N–H and O–H groups in total. The van der Waals surface area contributed by atoms with Gasteiger partial charge in [-0.1, -0.05) is 13.8 Å². The molecule has 0 radical (unpaired) electrons. The van der Waals surface area contributed by atoms with Crippen LogP contribution in [0.3, 0.4) is 0 Å². The first-order valence-electron chi connectivity index (χ1n) is 6.29. The van der Waals surface area contributed by atoms with Crippen LogP contribution in [0.4, 0.5) is 5.69 Å². The second-order valence-corrected chi connectivity index (χ2v) is 7.09. The highest BCUT2D eigenvalue weighted by atomic mass is 32.2. The van der Waals surface area contributed by atoms with Crippen LogP contribution in [-0.4, -0.2) is 31.7 Å². The number of aryl methyl sites for hydroxylation is 1. The highest BCUT2D eigenvalue weighted by Crippen LogP contribution is 2.22. The van der Waals surface area contributed by atoms with Crippen molar-refractivity contribution in [3.8, 4) is 0 Å². The van der Waals surface area contributed by atoms with Gasteiger partial charge in [-0.3, -0.25) is 4.79 Å². The smallest absolute Gasteiger partial charge is 0.243 e. The summed E-state index contributed by atoms with van der Waals surface area (Å²) in [6.07, 6.45) is 0. The maximum Gasteiger partial charge on any atom is 0.243 e. The summed E-state index contributed by atoms with van der Waals surface area (Å²) in [6, 6.07) is 4.57. The monoisotopic (exact) mass is 299 g/mol. The molecule has 0 aromatic heterocycles. The fourth-order valence-corrected chi connectivity index (χ4v) is 3.71. The molecule has 20 heavy (non-hydrogen) atoms. The zero-order valence-electron chi connectivity index (χ0n) is 12.0. The number of amides is 1. The summed E-state index contributed by atoms with van der Waals surface area (Å²) in [7, 11) is -3.76. The molecular weight excluding hydrogens is 278 g/mol. The topological polar surface area (TPSA) is 106 Å². The largest absolute Gasteiger partial charge is 0.399 e. The summed E-state index contributed by atoms with van der Waals surface area (Å²) in [5.41, 5.74) is 11.8. The van der Waals surface area contributed by atoms with Crippen molar-refractivity contribution in [3.63, 3.8) is 0 Å². The molecule has 0 spiro atoms. The van der Waals surface area contributed by atoms with E-state index in [9.17, 15) is 13.2 Å². The number of nitrogen functional groups attached to an aromatic ring is 1. The number of hydrogen-bond donors (Lipinski definition) is 2. The van der Waals surface area contributed by atoms with Gasteiger partial charge in [-0.05, 0) is 36.6 Å². The van der Waals surface area contributed by atoms with Gasteiger partial charge in [0.25, 0.3) is 0 Å². The Morgan fingerprint density at radius 1 is 1.35 bits per heavy atom. The maximum absolute atomic E-state index is 12.6. The number of benzene rings is 1. The number of anilines is 1. The Balaban J connectivity index is 3.24. The molecular formula is C13H21N3O3S. The molecule has 1 aromatic carbocycles. The number of sulfonamides is 1. The highest BCUT2D eigenvalue weighted by molar-refractivity contribution is 7.89. The minimum absolute atomic E-state index is 0.0817. The number of rotatable bonds is 6. The second-order valence-electron chi connectivity index (χ2n) is 5.18. The Hall–Kier alpha value is -1.60. The van der Waals surface area contributed by atoms with Crippen LogP contribution in [0.25, 0.3) is 0 Å². The van der Waals surface area contributed by atoms with Gasteiger partial charge in [0.15, 0.2) is 0 Å². The van der Waals surface area contributed by atoms with E-state index in [4.69, 9.17) is 11.5 Å². The van der Waals surface area contributed by atoms with Gasteiger partial charge in [0, 0.05) is 12.2 Å². The lowest BCUT2D eigenvalue weighted by atomic mass is 10.2. The van der Waals surface area contributed by atoms with Gasteiger partial charge in [0.05, 0.1) is 11.4 Å². The zero-order valence-corrected chi connectivity index (χ0v) is 12.8. The Labute approximate surface area is 119 Å². The fraction of sp³-hybridized carbons (Fsp3) is 0.462. The average Bonchev–Trinajstić information content (AvgIpc) is 2.26. The van der Waals surface area contributed by atoms with Gasteiger partial charge in [-0.25, -0.2) is 8.42 Å². The second kappa shape index (κ2) is 6.23. The lowest BCUT2D eigenvalue weighted by Gasteiger charge is -2.23. The minimum Gasteiger partial charge on any atom is -0.399 e. The molecule has 1 amide bonds. The predicted octanol–water partition coefficient (Wildman–Crippen LogP) is 0.709. The number of carbonyl (C=O) groups is 1. The highest BCUT2D eigenvalue weighted by Gasteiger charge is 2.27. The molecule has 0 aliphatic rings. The third-order valence-corrected chi connectivity index (χ3v) is 4.69. The van der Waals surface area contributed by atoms with E-state index in [0.717, 1.165) is 4.31 Å². The third kappa shape index (κ3) is 3.94. The van der Waals surface area contributed by atoms with E-state index in [1.54, 1.807) is 13.0 Å². The van der Waals surface area contributed by atoms with Crippen LogP contribution in [0.1, 0.15) is 19.4 Å². The zero-order chi connectivity index (χ0) is 15.5. The molecule has 7 heteroatoms. The van der Waals surface area contributed by atoms with Crippen molar-refractivity contribution in [3.05, 3.63) is 23.8 Å². The van der Waals surface area contributed by atoms with E-state index in [0.29, 0.717) is 11.3 Å². The summed E-state index contributed by atoms with van der Waals surface area (Å²) in [4.78, 5) is 11.3. The predicted molar refractivity (Wildman–Crippen MR) is 78.4 cm³/mol. The molecule has 0 aliphatic carbocycles. The first-order valence-corrected chi connectivity index (χ1v) is 7.73. The lowest BCUT2D eigenvalue weighted by molar-refractivity contribution is -0.118. The van der Waals surface area contributed by atoms with Gasteiger partial charge < -0.3 is 11.5 Å². The molecule has 0 saturated heterocycles. The first kappa shape index (κ1) is 16.5. The van der Waals surface area contributed by atoms with Crippen LogP contribution in [0.2, 0.25) is 0 Å². The number of nitrogens with two attached hydrogens (primary N) is 2. The Morgan fingerprint density at radius 2 is 1.95 bits per heavy atom. The van der Waals surface area contributed by atoms with Crippen LogP contribution < -0.4 is 11.5 Å². The van der Waals surface area contributed by atoms with Crippen LogP contribution in [0.5, 0.6) is 0 Å². The van der Waals surface area contributed by atoms with Gasteiger partial charge >= 0.3 is 0 Å². The van der Waals surface area contributed by atoms with Crippen LogP contribution in [0.15, 0.2) is 23.1 Å². The van der Waals surface area contributed by atoms with Crippen molar-refractivity contribution in [1.82, 2.24) is 4.31 Å². The molecule has 0 saturated carbocycles. The van der Waals surface area contributed by atoms with Crippen LogP contribution in [-0.2, 0) is 14.8 Å². The summed E-state index contributed by atoms with van der Waals surface area (Å²) < 4.78 is 26.3. The Morgan fingerprint density at radius 3 is 2.40 bits per heavy atom. The SMILES string of the molecule is Cc1cc(N)ccc1S(=O)(=O)N(CC(N)=O)CC(C)C. The van der Waals surface area contributed by atoms with E-state index < -0.39 is 15.9 Å². The Kier molecular flexibility index (Phi) is 5.13. The van der Waals surface area contributed by atoms with Crippen molar-refractivity contribution >= 4 is 21.6 Å². The first-order chi connectivity index (χ1) is 9.14. The molecule has 0 unspecified atom stereocenters. The van der Waals surface area contributed by atoms with E-state index in [2.05, 4.69) is 0 Å². The van der Waals surface area contributed by atoms with Crippen molar-refractivity contribution in [2.75, 3.05) is 18.8 Å². The summed E-state index contributed by atoms with van der Waals surface area (Å²) in [5, 5.41) is 0. The van der Waals surface area contributed by atoms with Crippen molar-refractivity contribution in [1.29, 1.82) is 0 Å². The van der Waals surface area contributed by atoms with Crippen LogP contribution >= 0.6 is 0 Å². The molecule has 0 heterocycles. The van der Waals surface area contributed by atoms with Gasteiger partial charge in [-0.15, -0.1) is 0 Å². The van der Waals surface area contributed by atoms with Gasteiger partial charge in [0.2, 0.25) is 15.9 Å². The van der Waals surface area contributed by atoms with Crippen molar-refractivity contribution < 1.29 is 13.2 Å². The number of nitrogens with zero attached hydrogens (tertiary/aromatic N) is 1. The van der Waals surface area contributed by atoms with E-state index >= 15 is 0 Å². The fourth-order valence-electron chi connectivity index (χ4n) is 1.93. The molecule has 6 nitrogen and oxygen atoms in total. The van der Waals surface area contributed by atoms with E-state index in [1.165, 1.54) is 12.1 Å². The van der Waals surface area contributed by atoms with Gasteiger partial charge in [-0.2, -0.15) is 4.31 Å².